The summed E-state index contributed by atoms with van der Waals surface area (Å²) < 4.78 is 21.1. The highest BCUT2D eigenvalue weighted by Crippen LogP contribution is 2.38. The van der Waals surface area contributed by atoms with Crippen LogP contribution in [-0.2, 0) is 16.6 Å². The molecule has 53 heavy (non-hydrogen) atoms. The first-order valence-corrected chi connectivity index (χ1v) is 18.2. The van der Waals surface area contributed by atoms with Crippen LogP contribution in [0.3, 0.4) is 0 Å². The number of fused-ring (bicyclic) bond motifs is 2. The van der Waals surface area contributed by atoms with Crippen molar-refractivity contribution in [1.29, 1.82) is 5.26 Å². The van der Waals surface area contributed by atoms with Crippen molar-refractivity contribution in [2.75, 3.05) is 25.0 Å². The monoisotopic (exact) mass is 717 g/mol. The Bertz CT molecular complexity index is 2350. The minimum absolute atomic E-state index is 0.163. The summed E-state index contributed by atoms with van der Waals surface area (Å²) in [6, 6.07) is 17.3. The summed E-state index contributed by atoms with van der Waals surface area (Å²) >= 11 is 0. The van der Waals surface area contributed by atoms with Crippen molar-refractivity contribution in [1.82, 2.24) is 34.1 Å². The molecule has 3 aliphatic rings. The Hall–Kier alpha value is -5.68. The molecule has 1 unspecified atom stereocenters. The Kier molecular flexibility index (Phi) is 9.11. The SMILES string of the molecule is Cn1c(=O)n(C2CCC(=O)NC2=O)c2cccc([C@H]3CCN(CC4CCC(n5cc6cc(NC(=O)c7cccc(C#N)n7)ccc6n5)CC4)C[C@@H]3F)c21. The summed E-state index contributed by atoms with van der Waals surface area (Å²) in [4.78, 5) is 56.9. The summed E-state index contributed by atoms with van der Waals surface area (Å²) in [5, 5.41) is 20.1. The molecule has 3 fully saturated rings. The molecule has 2 aromatic carbocycles. The molecule has 3 aromatic heterocycles. The molecule has 8 rings (SSSR count). The Labute approximate surface area is 304 Å². The number of hydrogen-bond donors (Lipinski definition) is 2. The molecule has 3 amide bonds. The van der Waals surface area contributed by atoms with Gasteiger partial charge >= 0.3 is 5.69 Å². The Balaban J connectivity index is 0.878. The van der Waals surface area contributed by atoms with Gasteiger partial charge in [-0.15, -0.1) is 0 Å². The van der Waals surface area contributed by atoms with E-state index in [1.807, 2.05) is 47.3 Å². The summed E-state index contributed by atoms with van der Waals surface area (Å²) in [7, 11) is 1.66. The summed E-state index contributed by atoms with van der Waals surface area (Å²) in [6.07, 6.45) is 5.93. The van der Waals surface area contributed by atoms with Gasteiger partial charge in [-0.1, -0.05) is 18.2 Å². The lowest BCUT2D eigenvalue weighted by Gasteiger charge is -2.38. The van der Waals surface area contributed by atoms with E-state index in [0.29, 0.717) is 35.6 Å². The van der Waals surface area contributed by atoms with Crippen molar-refractivity contribution in [2.45, 2.75) is 69.1 Å². The van der Waals surface area contributed by atoms with E-state index in [4.69, 9.17) is 10.4 Å². The van der Waals surface area contributed by atoms with E-state index < -0.39 is 18.1 Å². The van der Waals surface area contributed by atoms with E-state index in [1.54, 1.807) is 31.3 Å². The molecule has 0 radical (unpaired) electrons. The van der Waals surface area contributed by atoms with Crippen LogP contribution < -0.4 is 16.3 Å². The van der Waals surface area contributed by atoms with Gasteiger partial charge in [-0.25, -0.2) is 14.2 Å². The second kappa shape index (κ2) is 14.0. The number of carbonyl (C=O) groups excluding carboxylic acids is 3. The maximum absolute atomic E-state index is 16.1. The molecule has 0 spiro atoms. The standard InChI is InChI=1S/C39H40FN9O4/c1-46-36-29(5-3-7-33(36)49(39(46)53)34-14-15-35(50)44-38(34)52)28-16-17-47(22-30(28)40)20-23-8-11-27(12-9-23)48-21-24-18-25(10-13-31(24)45-48)43-37(51)32-6-2-4-26(19-41)42-32/h2-7,10,13,18,21,23,27-28,30,34H,8-9,11-12,14-17,20,22H2,1H3,(H,43,51)(H,44,50,52)/t23?,27?,28-,30+,34?/m1/s1. The van der Waals surface area contributed by atoms with Crippen molar-refractivity contribution in [3.05, 3.63) is 88.2 Å². The Morgan fingerprint density at radius 1 is 1.04 bits per heavy atom. The van der Waals surface area contributed by atoms with Crippen LogP contribution in [-0.4, -0.2) is 72.3 Å². The van der Waals surface area contributed by atoms with Gasteiger partial charge in [0.2, 0.25) is 11.8 Å². The van der Waals surface area contributed by atoms with Gasteiger partial charge < -0.3 is 10.2 Å². The first-order valence-electron chi connectivity index (χ1n) is 18.2. The molecule has 2 N–H and O–H groups in total. The maximum Gasteiger partial charge on any atom is 0.329 e. The lowest BCUT2D eigenvalue weighted by atomic mass is 9.83. The number of imide groups is 1. The van der Waals surface area contributed by atoms with Gasteiger partial charge in [0.1, 0.15) is 29.7 Å². The van der Waals surface area contributed by atoms with Crippen LogP contribution in [0.25, 0.3) is 21.9 Å². The van der Waals surface area contributed by atoms with Gasteiger partial charge in [-0.3, -0.25) is 33.5 Å². The van der Waals surface area contributed by atoms with Crippen molar-refractivity contribution in [2.24, 2.45) is 13.0 Å². The van der Waals surface area contributed by atoms with Crippen LogP contribution in [0.5, 0.6) is 0 Å². The summed E-state index contributed by atoms with van der Waals surface area (Å²) in [6.45, 7) is 1.92. The fourth-order valence-corrected chi connectivity index (χ4v) is 8.57. The number of alkyl halides is 1. The number of hydrogen-bond acceptors (Lipinski definition) is 8. The highest BCUT2D eigenvalue weighted by molar-refractivity contribution is 6.04. The molecular weight excluding hydrogens is 677 g/mol. The van der Waals surface area contributed by atoms with Gasteiger partial charge in [0.15, 0.2) is 0 Å². The molecule has 0 bridgehead atoms. The van der Waals surface area contributed by atoms with E-state index in [-0.39, 0.29) is 53.7 Å². The quantitative estimate of drug-likeness (QED) is 0.228. The van der Waals surface area contributed by atoms with Crippen molar-refractivity contribution < 1.29 is 18.8 Å². The second-order valence-electron chi connectivity index (χ2n) is 14.6. The molecule has 1 aliphatic carbocycles. The number of para-hydroxylation sites is 1. The number of anilines is 1. The Morgan fingerprint density at radius 3 is 2.62 bits per heavy atom. The Morgan fingerprint density at radius 2 is 1.85 bits per heavy atom. The van der Waals surface area contributed by atoms with Gasteiger partial charge in [0, 0.05) is 49.7 Å². The molecule has 2 saturated heterocycles. The van der Waals surface area contributed by atoms with Crippen LogP contribution in [0.2, 0.25) is 0 Å². The largest absolute Gasteiger partial charge is 0.329 e. The minimum atomic E-state index is -1.11. The number of halogens is 1. The van der Waals surface area contributed by atoms with Crippen molar-refractivity contribution in [3.63, 3.8) is 0 Å². The second-order valence-corrected chi connectivity index (χ2v) is 14.6. The van der Waals surface area contributed by atoms with Crippen LogP contribution in [0.4, 0.5) is 10.1 Å². The zero-order valence-electron chi connectivity index (χ0n) is 29.4. The molecule has 5 aromatic rings. The molecule has 13 nitrogen and oxygen atoms in total. The summed E-state index contributed by atoms with van der Waals surface area (Å²) in [5.41, 5.74) is 3.49. The minimum Gasteiger partial charge on any atom is -0.321 e. The molecule has 14 heteroatoms. The highest BCUT2D eigenvalue weighted by Gasteiger charge is 2.36. The van der Waals surface area contributed by atoms with Crippen molar-refractivity contribution in [3.8, 4) is 6.07 Å². The number of nitrogens with one attached hydrogen (secondary N) is 2. The molecule has 5 heterocycles. The van der Waals surface area contributed by atoms with E-state index in [0.717, 1.165) is 55.2 Å². The number of rotatable bonds is 7. The van der Waals surface area contributed by atoms with Crippen LogP contribution in [0.1, 0.15) is 84.7 Å². The number of nitrogens with zero attached hydrogens (tertiary/aromatic N) is 7. The third-order valence-electron chi connectivity index (χ3n) is 11.3. The number of aryl methyl sites for hydroxylation is 1. The van der Waals surface area contributed by atoms with E-state index in [2.05, 4.69) is 20.5 Å². The number of amides is 3. The topological polar surface area (TPSA) is 160 Å². The smallest absolute Gasteiger partial charge is 0.321 e. The lowest BCUT2D eigenvalue weighted by molar-refractivity contribution is -0.135. The fourth-order valence-electron chi connectivity index (χ4n) is 8.57. The first kappa shape index (κ1) is 34.4. The maximum atomic E-state index is 16.1. The van der Waals surface area contributed by atoms with Gasteiger partial charge in [-0.2, -0.15) is 10.4 Å². The van der Waals surface area contributed by atoms with Crippen LogP contribution in [0.15, 0.2) is 65.6 Å². The van der Waals surface area contributed by atoms with E-state index in [9.17, 15) is 19.2 Å². The first-order chi connectivity index (χ1) is 25.7. The van der Waals surface area contributed by atoms with Crippen LogP contribution in [0, 0.1) is 17.2 Å². The molecule has 3 atom stereocenters. The third kappa shape index (κ3) is 6.61. The zero-order chi connectivity index (χ0) is 36.8. The van der Waals surface area contributed by atoms with E-state index in [1.165, 1.54) is 9.13 Å². The molecule has 272 valence electrons. The summed E-state index contributed by atoms with van der Waals surface area (Å²) in [5.74, 6) is -1.13. The van der Waals surface area contributed by atoms with Gasteiger partial charge in [0.25, 0.3) is 5.91 Å². The molecule has 2 aliphatic heterocycles. The van der Waals surface area contributed by atoms with Gasteiger partial charge in [-0.05, 0) is 92.9 Å². The average Bonchev–Trinajstić information content (AvgIpc) is 3.70. The molecular formula is C39H40FN9O4. The molecule has 1 saturated carbocycles. The third-order valence-corrected chi connectivity index (χ3v) is 11.3. The number of carbonyl (C=O) groups is 3. The lowest BCUT2D eigenvalue weighted by Crippen LogP contribution is -2.44. The zero-order valence-corrected chi connectivity index (χ0v) is 29.4. The number of likely N-dealkylation sites (tertiary alicyclic amines) is 1. The predicted octanol–water partition coefficient (Wildman–Crippen LogP) is 4.75. The number of pyridine rings is 1. The number of benzene rings is 2. The van der Waals surface area contributed by atoms with Crippen molar-refractivity contribution >= 4 is 45.3 Å². The normalized spacial score (nSPS) is 23.9. The number of aromatic nitrogens is 5. The predicted molar refractivity (Wildman–Crippen MR) is 195 cm³/mol. The number of nitriles is 1. The van der Waals surface area contributed by atoms with Crippen LogP contribution >= 0.6 is 0 Å². The average molecular weight is 718 g/mol. The van der Waals surface area contributed by atoms with Gasteiger partial charge in [0.05, 0.1) is 22.6 Å². The fraction of sp³-hybridized carbons (Fsp3) is 0.410. The number of piperidine rings is 2. The highest BCUT2D eigenvalue weighted by atomic mass is 19.1. The van der Waals surface area contributed by atoms with E-state index >= 15 is 4.39 Å². The number of imidazole rings is 1.